The van der Waals surface area contributed by atoms with E-state index in [1.165, 1.54) is 5.56 Å². The average Bonchev–Trinajstić information content (AvgIpc) is 2.71. The Morgan fingerprint density at radius 1 is 1.11 bits per heavy atom. The number of hydrogen-bond acceptors (Lipinski definition) is 4. The van der Waals surface area contributed by atoms with Crippen molar-refractivity contribution in [1.82, 2.24) is 9.80 Å². The first-order valence-corrected chi connectivity index (χ1v) is 10.1. The number of hydrogen-bond donors (Lipinski definition) is 1. The first-order chi connectivity index (χ1) is 13.5. The van der Waals surface area contributed by atoms with Crippen LogP contribution in [-0.4, -0.2) is 55.0 Å². The first kappa shape index (κ1) is 20.9. The zero-order chi connectivity index (χ0) is 20.1. The van der Waals surface area contributed by atoms with Crippen LogP contribution in [0.4, 0.5) is 5.69 Å². The Labute approximate surface area is 176 Å². The Balaban J connectivity index is 1.50. The molecule has 1 amide bonds. The highest BCUT2D eigenvalue weighted by Crippen LogP contribution is 2.26. The summed E-state index contributed by atoms with van der Waals surface area (Å²) in [5.41, 5.74) is 1.81. The number of amides is 1. The van der Waals surface area contributed by atoms with Gasteiger partial charge in [-0.15, -0.1) is 0 Å². The maximum atomic E-state index is 12.6. The van der Waals surface area contributed by atoms with Gasteiger partial charge in [0.15, 0.2) is 0 Å². The number of carbonyl (C=O) groups is 1. The Bertz CT molecular complexity index is 806. The van der Waals surface area contributed by atoms with E-state index in [4.69, 9.17) is 27.9 Å². The summed E-state index contributed by atoms with van der Waals surface area (Å²) in [4.78, 5) is 17.2. The van der Waals surface area contributed by atoms with Crippen molar-refractivity contribution in [3.8, 4) is 5.75 Å². The summed E-state index contributed by atoms with van der Waals surface area (Å²) in [5, 5.41) is 3.91. The van der Waals surface area contributed by atoms with Gasteiger partial charge in [-0.25, -0.2) is 0 Å². The maximum absolute atomic E-state index is 12.6. The van der Waals surface area contributed by atoms with E-state index in [9.17, 15) is 4.79 Å². The third kappa shape index (κ3) is 5.39. The molecule has 7 heteroatoms. The predicted molar refractivity (Wildman–Crippen MR) is 114 cm³/mol. The summed E-state index contributed by atoms with van der Waals surface area (Å²) in [6.45, 7) is 6.34. The van der Waals surface area contributed by atoms with Crippen LogP contribution in [0.3, 0.4) is 0 Å². The van der Waals surface area contributed by atoms with Gasteiger partial charge in [-0.2, -0.15) is 0 Å². The van der Waals surface area contributed by atoms with E-state index in [2.05, 4.69) is 27.2 Å². The van der Waals surface area contributed by atoms with E-state index in [0.29, 0.717) is 15.7 Å². The Morgan fingerprint density at radius 2 is 1.79 bits per heavy atom. The van der Waals surface area contributed by atoms with Crippen LogP contribution in [0, 0.1) is 0 Å². The molecule has 150 valence electrons. The minimum absolute atomic E-state index is 0.0761. The van der Waals surface area contributed by atoms with Gasteiger partial charge in [0.05, 0.1) is 23.9 Å². The van der Waals surface area contributed by atoms with Crippen molar-refractivity contribution in [1.29, 1.82) is 0 Å². The lowest BCUT2D eigenvalue weighted by molar-refractivity contribution is -0.121. The van der Waals surface area contributed by atoms with Crippen molar-refractivity contribution in [2.24, 2.45) is 0 Å². The number of methoxy groups -OCH3 is 1. The Hall–Kier alpha value is -1.79. The number of anilines is 1. The number of nitrogens with one attached hydrogen (secondary N) is 1. The number of ether oxygens (including phenoxy) is 1. The summed E-state index contributed by atoms with van der Waals surface area (Å²) in [6, 6.07) is 13.0. The zero-order valence-electron chi connectivity index (χ0n) is 16.1. The molecule has 0 unspecified atom stereocenters. The molecular formula is C21H25Cl2N3O2. The van der Waals surface area contributed by atoms with Crippen LogP contribution >= 0.6 is 23.2 Å². The first-order valence-electron chi connectivity index (χ1n) is 9.31. The van der Waals surface area contributed by atoms with Crippen LogP contribution in [0.1, 0.15) is 12.5 Å². The molecule has 1 aliphatic rings. The highest BCUT2D eigenvalue weighted by Gasteiger charge is 2.26. The quantitative estimate of drug-likeness (QED) is 0.760. The van der Waals surface area contributed by atoms with Gasteiger partial charge in [0, 0.05) is 37.7 Å². The standard InChI is InChI=1S/C21H25Cl2N3O2/c1-15(21(27)24-20-13-17(22)5-8-19(20)23)26-11-9-25(10-12-26)14-16-3-6-18(28-2)7-4-16/h3-8,13,15H,9-12,14H2,1-2H3,(H,24,27)/t15-/m1/s1. The van der Waals surface area contributed by atoms with Crippen molar-refractivity contribution in [2.75, 3.05) is 38.6 Å². The van der Waals surface area contributed by atoms with E-state index in [0.717, 1.165) is 38.5 Å². The number of piperazine rings is 1. The normalized spacial score (nSPS) is 16.6. The van der Waals surface area contributed by atoms with Crippen molar-refractivity contribution < 1.29 is 9.53 Å². The minimum atomic E-state index is -0.238. The lowest BCUT2D eigenvalue weighted by atomic mass is 10.1. The number of benzene rings is 2. The van der Waals surface area contributed by atoms with Crippen LogP contribution in [0.5, 0.6) is 5.75 Å². The van der Waals surface area contributed by atoms with Gasteiger partial charge in [0.2, 0.25) is 5.91 Å². The SMILES string of the molecule is COc1ccc(CN2CCN([C@H](C)C(=O)Nc3cc(Cl)ccc3Cl)CC2)cc1. The monoisotopic (exact) mass is 421 g/mol. The molecule has 1 N–H and O–H groups in total. The average molecular weight is 422 g/mol. The largest absolute Gasteiger partial charge is 0.497 e. The lowest BCUT2D eigenvalue weighted by Gasteiger charge is -2.37. The van der Waals surface area contributed by atoms with Crippen molar-refractivity contribution >= 4 is 34.8 Å². The third-order valence-electron chi connectivity index (χ3n) is 5.09. The fraction of sp³-hybridized carbons (Fsp3) is 0.381. The highest BCUT2D eigenvalue weighted by atomic mass is 35.5. The van der Waals surface area contributed by atoms with E-state index >= 15 is 0 Å². The molecule has 0 spiro atoms. The second-order valence-corrected chi connectivity index (χ2v) is 7.79. The van der Waals surface area contributed by atoms with Crippen LogP contribution in [0.25, 0.3) is 0 Å². The Morgan fingerprint density at radius 3 is 2.43 bits per heavy atom. The molecule has 3 rings (SSSR count). The van der Waals surface area contributed by atoms with Crippen molar-refractivity contribution in [3.63, 3.8) is 0 Å². The lowest BCUT2D eigenvalue weighted by Crippen LogP contribution is -2.52. The smallest absolute Gasteiger partial charge is 0.241 e. The zero-order valence-corrected chi connectivity index (χ0v) is 17.6. The van der Waals surface area contributed by atoms with Gasteiger partial charge >= 0.3 is 0 Å². The molecule has 0 radical (unpaired) electrons. The van der Waals surface area contributed by atoms with Crippen LogP contribution in [0.15, 0.2) is 42.5 Å². The second-order valence-electron chi connectivity index (χ2n) is 6.95. The molecule has 0 saturated carbocycles. The molecule has 1 atom stereocenters. The summed E-state index contributed by atoms with van der Waals surface area (Å²) < 4.78 is 5.20. The van der Waals surface area contributed by atoms with Crippen LogP contribution in [-0.2, 0) is 11.3 Å². The molecule has 28 heavy (non-hydrogen) atoms. The molecule has 5 nitrogen and oxygen atoms in total. The number of rotatable bonds is 6. The van der Waals surface area contributed by atoms with Gasteiger partial charge in [0.1, 0.15) is 5.75 Å². The maximum Gasteiger partial charge on any atom is 0.241 e. The van der Waals surface area contributed by atoms with Crippen molar-refractivity contribution in [3.05, 3.63) is 58.1 Å². The van der Waals surface area contributed by atoms with E-state index in [1.807, 2.05) is 19.1 Å². The molecule has 0 bridgehead atoms. The van der Waals surface area contributed by atoms with E-state index < -0.39 is 0 Å². The molecule has 0 aliphatic carbocycles. The van der Waals surface area contributed by atoms with E-state index in [-0.39, 0.29) is 11.9 Å². The Kier molecular flexibility index (Phi) is 7.18. The molecule has 1 heterocycles. The topological polar surface area (TPSA) is 44.8 Å². The number of carbonyl (C=O) groups excluding carboxylic acids is 1. The summed E-state index contributed by atoms with van der Waals surface area (Å²) in [5.74, 6) is 0.793. The van der Waals surface area contributed by atoms with Crippen LogP contribution in [0.2, 0.25) is 10.0 Å². The van der Waals surface area contributed by atoms with Gasteiger partial charge < -0.3 is 10.1 Å². The molecule has 1 saturated heterocycles. The number of halogens is 2. The predicted octanol–water partition coefficient (Wildman–Crippen LogP) is 4.15. The molecular weight excluding hydrogens is 397 g/mol. The summed E-state index contributed by atoms with van der Waals surface area (Å²) >= 11 is 12.1. The third-order valence-corrected chi connectivity index (χ3v) is 5.65. The molecule has 1 fully saturated rings. The van der Waals surface area contributed by atoms with Crippen LogP contribution < -0.4 is 10.1 Å². The van der Waals surface area contributed by atoms with Gasteiger partial charge in [-0.05, 0) is 42.8 Å². The fourth-order valence-electron chi connectivity index (χ4n) is 3.29. The van der Waals surface area contributed by atoms with Gasteiger partial charge in [-0.3, -0.25) is 14.6 Å². The van der Waals surface area contributed by atoms with Gasteiger partial charge in [0.25, 0.3) is 0 Å². The molecule has 2 aromatic carbocycles. The molecule has 2 aromatic rings. The van der Waals surface area contributed by atoms with Crippen molar-refractivity contribution in [2.45, 2.75) is 19.5 Å². The second kappa shape index (κ2) is 9.61. The van der Waals surface area contributed by atoms with E-state index in [1.54, 1.807) is 25.3 Å². The highest BCUT2D eigenvalue weighted by molar-refractivity contribution is 6.35. The molecule has 0 aromatic heterocycles. The van der Waals surface area contributed by atoms with Gasteiger partial charge in [-0.1, -0.05) is 35.3 Å². The number of nitrogens with zero attached hydrogens (tertiary/aromatic N) is 2. The summed E-state index contributed by atoms with van der Waals surface area (Å²) in [6.07, 6.45) is 0. The minimum Gasteiger partial charge on any atom is -0.497 e. The summed E-state index contributed by atoms with van der Waals surface area (Å²) in [7, 11) is 1.67. The fourth-order valence-corrected chi connectivity index (χ4v) is 3.63. The molecule has 1 aliphatic heterocycles.